The number of nitrogens with two attached hydrogens (primary N) is 1. The Hall–Kier alpha value is -2.82. The maximum Gasteiger partial charge on any atom is 0.326 e. The smallest absolute Gasteiger partial charge is 0.326 e. The lowest BCUT2D eigenvalue weighted by atomic mass is 10.0. The van der Waals surface area contributed by atoms with E-state index in [0.29, 0.717) is 25.8 Å². The summed E-state index contributed by atoms with van der Waals surface area (Å²) in [5.74, 6) is -2.51. The first kappa shape index (κ1) is 36.2. The van der Waals surface area contributed by atoms with Gasteiger partial charge in [-0.2, -0.15) is 0 Å². The van der Waals surface area contributed by atoms with E-state index in [1.165, 1.54) is 70.5 Å². The quantitative estimate of drug-likeness (QED) is 0.0979. The average Bonchev–Trinajstić information content (AvgIpc) is 3.46. The second-order valence-electron chi connectivity index (χ2n) is 10.9. The maximum atomic E-state index is 12.9. The van der Waals surface area contributed by atoms with Crippen LogP contribution in [0.4, 0.5) is 0 Å². The molecule has 0 aromatic carbocycles. The zero-order chi connectivity index (χ0) is 30.1. The Morgan fingerprint density at radius 3 is 1.95 bits per heavy atom. The number of aliphatic imine (C=N–C) groups is 2. The van der Waals surface area contributed by atoms with Gasteiger partial charge in [0.25, 0.3) is 0 Å². The van der Waals surface area contributed by atoms with Gasteiger partial charge < -0.3 is 26.8 Å². The number of carboxylic acids is 1. The lowest BCUT2D eigenvalue weighted by molar-refractivity contribution is -0.142. The van der Waals surface area contributed by atoms with Crippen molar-refractivity contribution in [1.29, 1.82) is 0 Å². The molecule has 0 aromatic heterocycles. The predicted molar refractivity (Wildman–Crippen MR) is 163 cm³/mol. The minimum absolute atomic E-state index is 0.125. The van der Waals surface area contributed by atoms with Crippen molar-refractivity contribution < 1.29 is 24.3 Å². The summed E-state index contributed by atoms with van der Waals surface area (Å²) < 4.78 is 0. The molecule has 0 unspecified atom stereocenters. The van der Waals surface area contributed by atoms with Crippen LogP contribution in [0.5, 0.6) is 0 Å². The molecule has 6 N–H and O–H groups in total. The summed E-state index contributed by atoms with van der Waals surface area (Å²) in [6, 6.07) is -2.52. The molecule has 0 aromatic rings. The molecule has 0 fully saturated rings. The summed E-state index contributed by atoms with van der Waals surface area (Å²) in [6.45, 7) is 2.41. The van der Waals surface area contributed by atoms with E-state index in [1.807, 2.05) is 0 Å². The Balaban J connectivity index is 2.29. The standard InChI is InChI=1S/C30H54N6O5/c1-2-3-4-5-6-7-8-9-10-11-12-13-14-18-27(37)33-22-28(38)35-26(20-24-21-32-23-34-24)29(39)36-25(30(40)41)17-15-16-19-31/h21,23-26H,2-20,22,31H2,1H3,(H,33,37)(H,35,38)(H,36,39)(H,40,41)/t24-,25-,26-/m0/s1. The number of nitrogens with zero attached hydrogens (tertiary/aromatic N) is 2. The van der Waals surface area contributed by atoms with Crippen LogP contribution < -0.4 is 21.7 Å². The lowest BCUT2D eigenvalue weighted by Gasteiger charge is -2.22. The Morgan fingerprint density at radius 1 is 0.805 bits per heavy atom. The molecule has 0 aliphatic carbocycles. The van der Waals surface area contributed by atoms with Crippen molar-refractivity contribution in [3.05, 3.63) is 0 Å². The second-order valence-corrected chi connectivity index (χ2v) is 10.9. The number of unbranched alkanes of at least 4 members (excludes halogenated alkanes) is 13. The Morgan fingerprint density at radius 2 is 1.41 bits per heavy atom. The van der Waals surface area contributed by atoms with Gasteiger partial charge in [0.1, 0.15) is 18.4 Å². The molecule has 3 amide bonds. The van der Waals surface area contributed by atoms with Crippen LogP contribution in [-0.2, 0) is 19.2 Å². The lowest BCUT2D eigenvalue weighted by Crippen LogP contribution is -2.54. The van der Waals surface area contributed by atoms with Crippen molar-refractivity contribution >= 4 is 36.2 Å². The molecule has 0 saturated carbocycles. The third-order valence-electron chi connectivity index (χ3n) is 7.23. The van der Waals surface area contributed by atoms with E-state index in [2.05, 4.69) is 32.9 Å². The minimum atomic E-state index is -1.15. The molecule has 0 spiro atoms. The van der Waals surface area contributed by atoms with Gasteiger partial charge in [0, 0.05) is 19.1 Å². The summed E-state index contributed by atoms with van der Waals surface area (Å²) in [6.07, 6.45) is 20.8. The average molecular weight is 579 g/mol. The van der Waals surface area contributed by atoms with E-state index in [9.17, 15) is 24.3 Å². The number of hydrogen-bond acceptors (Lipinski definition) is 7. The van der Waals surface area contributed by atoms with Crippen LogP contribution in [0.1, 0.15) is 122 Å². The van der Waals surface area contributed by atoms with E-state index in [4.69, 9.17) is 5.73 Å². The Bertz CT molecular complexity index is 807. The van der Waals surface area contributed by atoms with E-state index in [0.717, 1.165) is 19.3 Å². The number of carboxylic acid groups (broad SMARTS) is 1. The van der Waals surface area contributed by atoms with E-state index >= 15 is 0 Å². The molecule has 1 heterocycles. The van der Waals surface area contributed by atoms with Crippen molar-refractivity contribution in [2.75, 3.05) is 13.1 Å². The van der Waals surface area contributed by atoms with Crippen molar-refractivity contribution in [3.63, 3.8) is 0 Å². The normalized spacial score (nSPS) is 15.4. The first-order valence-corrected chi connectivity index (χ1v) is 15.7. The zero-order valence-corrected chi connectivity index (χ0v) is 25.1. The monoisotopic (exact) mass is 578 g/mol. The number of nitrogens with one attached hydrogen (secondary N) is 3. The molecule has 11 heteroatoms. The third-order valence-corrected chi connectivity index (χ3v) is 7.23. The van der Waals surface area contributed by atoms with Crippen molar-refractivity contribution in [3.8, 4) is 0 Å². The number of carbonyl (C=O) groups is 4. The topological polar surface area (TPSA) is 175 Å². The maximum absolute atomic E-state index is 12.9. The first-order chi connectivity index (χ1) is 19.9. The van der Waals surface area contributed by atoms with Gasteiger partial charge in [-0.1, -0.05) is 84.0 Å². The number of carbonyl (C=O) groups excluding carboxylic acids is 3. The molecule has 0 bridgehead atoms. The highest BCUT2D eigenvalue weighted by atomic mass is 16.4. The van der Waals surface area contributed by atoms with Crippen molar-refractivity contribution in [1.82, 2.24) is 16.0 Å². The molecule has 1 aliphatic heterocycles. The van der Waals surface area contributed by atoms with Crippen LogP contribution in [0.25, 0.3) is 0 Å². The van der Waals surface area contributed by atoms with Crippen molar-refractivity contribution in [2.24, 2.45) is 15.7 Å². The summed E-state index contributed by atoms with van der Waals surface area (Å²) >= 11 is 0. The van der Waals surface area contributed by atoms with Crippen LogP contribution in [0, 0.1) is 0 Å². The summed E-state index contributed by atoms with van der Waals surface area (Å²) in [5.41, 5.74) is 5.48. The van der Waals surface area contributed by atoms with E-state index in [-0.39, 0.29) is 25.3 Å². The largest absolute Gasteiger partial charge is 0.480 e. The number of rotatable bonds is 26. The van der Waals surface area contributed by atoms with Crippen LogP contribution in [0.3, 0.4) is 0 Å². The fourth-order valence-corrected chi connectivity index (χ4v) is 4.73. The molecule has 0 radical (unpaired) electrons. The second kappa shape index (κ2) is 23.8. The van der Waals surface area contributed by atoms with Crippen LogP contribution in [-0.4, -0.2) is 72.6 Å². The molecule has 11 nitrogen and oxygen atoms in total. The summed E-state index contributed by atoms with van der Waals surface area (Å²) in [7, 11) is 0. The number of amides is 3. The molecule has 0 saturated heterocycles. The highest BCUT2D eigenvalue weighted by molar-refractivity contribution is 5.92. The molecular weight excluding hydrogens is 524 g/mol. The SMILES string of the molecule is CCCCCCCCCCCCCCCC(=O)NCC(=O)N[C@@H](C[C@H]1C=NC=N1)C(=O)N[C@@H](CCCCN)C(=O)O. The molecule has 3 atom stereocenters. The molecule has 41 heavy (non-hydrogen) atoms. The predicted octanol–water partition coefficient (Wildman–Crippen LogP) is 3.64. The minimum Gasteiger partial charge on any atom is -0.480 e. The van der Waals surface area contributed by atoms with Gasteiger partial charge in [-0.05, 0) is 32.2 Å². The summed E-state index contributed by atoms with van der Waals surface area (Å²) in [5, 5.41) is 17.2. The van der Waals surface area contributed by atoms with Gasteiger partial charge in [-0.15, -0.1) is 0 Å². The van der Waals surface area contributed by atoms with Crippen LogP contribution in [0.15, 0.2) is 9.98 Å². The zero-order valence-electron chi connectivity index (χ0n) is 25.1. The Kier molecular flexibility index (Phi) is 21.1. The fraction of sp³-hybridized carbons (Fsp3) is 0.800. The van der Waals surface area contributed by atoms with E-state index in [1.54, 1.807) is 6.21 Å². The van der Waals surface area contributed by atoms with Gasteiger partial charge >= 0.3 is 5.97 Å². The highest BCUT2D eigenvalue weighted by Crippen LogP contribution is 2.13. The molecule has 234 valence electrons. The highest BCUT2D eigenvalue weighted by Gasteiger charge is 2.28. The van der Waals surface area contributed by atoms with Crippen LogP contribution >= 0.6 is 0 Å². The fourth-order valence-electron chi connectivity index (χ4n) is 4.73. The van der Waals surface area contributed by atoms with E-state index < -0.39 is 35.9 Å². The Labute approximate surface area is 246 Å². The third kappa shape index (κ3) is 19.0. The molecule has 1 rings (SSSR count). The van der Waals surface area contributed by atoms with Gasteiger partial charge in [-0.3, -0.25) is 19.4 Å². The summed E-state index contributed by atoms with van der Waals surface area (Å²) in [4.78, 5) is 57.3. The molecule has 1 aliphatic rings. The van der Waals surface area contributed by atoms with Crippen LogP contribution in [0.2, 0.25) is 0 Å². The number of hydrogen-bond donors (Lipinski definition) is 5. The molecular formula is C30H54N6O5. The van der Waals surface area contributed by atoms with Gasteiger partial charge in [0.05, 0.1) is 12.6 Å². The first-order valence-electron chi connectivity index (χ1n) is 15.7. The van der Waals surface area contributed by atoms with Gasteiger partial charge in [-0.25, -0.2) is 9.79 Å². The van der Waals surface area contributed by atoms with Gasteiger partial charge in [0.2, 0.25) is 17.7 Å². The number of aliphatic carboxylic acids is 1. The van der Waals surface area contributed by atoms with Gasteiger partial charge in [0.15, 0.2) is 0 Å². The van der Waals surface area contributed by atoms with Crippen molar-refractivity contribution in [2.45, 2.75) is 141 Å².